The molecule has 0 N–H and O–H groups in total. The number of carbonyl (C=O) groups excluding carboxylic acids is 1. The lowest BCUT2D eigenvalue weighted by atomic mass is 10.2. The van der Waals surface area contributed by atoms with Gasteiger partial charge in [0.1, 0.15) is 0 Å². The molecule has 2 aromatic rings. The number of para-hydroxylation sites is 1. The standard InChI is InChI=1S/C9H6ClN3O/c10-9-5-13(12-11-9)8-4-2-1-3-7(8)6-14/h1-6H. The Morgan fingerprint density at radius 1 is 1.36 bits per heavy atom. The number of aromatic nitrogens is 3. The van der Waals surface area contributed by atoms with E-state index in [0.29, 0.717) is 16.4 Å². The van der Waals surface area contributed by atoms with Crippen molar-refractivity contribution in [1.29, 1.82) is 0 Å². The highest BCUT2D eigenvalue weighted by molar-refractivity contribution is 6.29. The second-order valence-corrected chi connectivity index (χ2v) is 3.05. The third-order valence-corrected chi connectivity index (χ3v) is 1.95. The number of nitrogens with zero attached hydrogens (tertiary/aromatic N) is 3. The minimum atomic E-state index is 0.297. The summed E-state index contributed by atoms with van der Waals surface area (Å²) in [6.07, 6.45) is 2.31. The first-order valence-electron chi connectivity index (χ1n) is 3.93. The maximum absolute atomic E-state index is 10.7. The van der Waals surface area contributed by atoms with Gasteiger partial charge in [0.2, 0.25) is 0 Å². The van der Waals surface area contributed by atoms with Gasteiger partial charge >= 0.3 is 0 Å². The van der Waals surface area contributed by atoms with E-state index in [9.17, 15) is 4.79 Å². The summed E-state index contributed by atoms with van der Waals surface area (Å²) in [5, 5.41) is 7.70. The van der Waals surface area contributed by atoms with Gasteiger partial charge in [-0.15, -0.1) is 5.10 Å². The van der Waals surface area contributed by atoms with Gasteiger partial charge in [0.05, 0.1) is 11.9 Å². The van der Waals surface area contributed by atoms with Crippen LogP contribution in [0.25, 0.3) is 5.69 Å². The molecule has 0 aliphatic rings. The highest BCUT2D eigenvalue weighted by Gasteiger charge is 2.04. The van der Waals surface area contributed by atoms with Crippen molar-refractivity contribution in [3.05, 3.63) is 41.2 Å². The van der Waals surface area contributed by atoms with Crippen LogP contribution in [0.5, 0.6) is 0 Å². The van der Waals surface area contributed by atoms with E-state index >= 15 is 0 Å². The second kappa shape index (κ2) is 3.59. The molecule has 4 nitrogen and oxygen atoms in total. The fraction of sp³-hybridized carbons (Fsp3) is 0. The smallest absolute Gasteiger partial charge is 0.171 e. The van der Waals surface area contributed by atoms with E-state index in [4.69, 9.17) is 11.6 Å². The highest BCUT2D eigenvalue weighted by Crippen LogP contribution is 2.12. The topological polar surface area (TPSA) is 47.8 Å². The van der Waals surface area contributed by atoms with Crippen molar-refractivity contribution in [3.8, 4) is 5.69 Å². The maximum Gasteiger partial charge on any atom is 0.171 e. The molecular formula is C9H6ClN3O. The Morgan fingerprint density at radius 3 is 2.79 bits per heavy atom. The molecule has 1 aromatic heterocycles. The van der Waals surface area contributed by atoms with Gasteiger partial charge in [-0.1, -0.05) is 28.9 Å². The lowest BCUT2D eigenvalue weighted by Gasteiger charge is -2.01. The summed E-state index contributed by atoms with van der Waals surface area (Å²) < 4.78 is 1.46. The van der Waals surface area contributed by atoms with E-state index < -0.39 is 0 Å². The molecule has 2 rings (SSSR count). The number of hydrogen-bond acceptors (Lipinski definition) is 3. The Bertz CT molecular complexity index is 467. The van der Waals surface area contributed by atoms with Crippen LogP contribution >= 0.6 is 11.6 Å². The van der Waals surface area contributed by atoms with E-state index in [-0.39, 0.29) is 0 Å². The van der Waals surface area contributed by atoms with Crippen molar-refractivity contribution >= 4 is 17.9 Å². The first-order chi connectivity index (χ1) is 6.81. The van der Waals surface area contributed by atoms with Gasteiger partial charge in [0.25, 0.3) is 0 Å². The quantitative estimate of drug-likeness (QED) is 0.705. The van der Waals surface area contributed by atoms with Crippen molar-refractivity contribution in [2.24, 2.45) is 0 Å². The average molecular weight is 208 g/mol. The molecule has 14 heavy (non-hydrogen) atoms. The van der Waals surface area contributed by atoms with Gasteiger partial charge in [-0.05, 0) is 12.1 Å². The summed E-state index contributed by atoms with van der Waals surface area (Å²) in [6, 6.07) is 7.08. The lowest BCUT2D eigenvalue weighted by Crippen LogP contribution is -1.99. The summed E-state index contributed by atoms with van der Waals surface area (Å²) in [5.41, 5.74) is 1.22. The summed E-state index contributed by atoms with van der Waals surface area (Å²) in [7, 11) is 0. The van der Waals surface area contributed by atoms with Gasteiger partial charge in [-0.25, -0.2) is 4.68 Å². The minimum absolute atomic E-state index is 0.297. The molecule has 5 heteroatoms. The zero-order valence-electron chi connectivity index (χ0n) is 7.09. The summed E-state index contributed by atoms with van der Waals surface area (Å²) in [6.45, 7) is 0. The van der Waals surface area contributed by atoms with Crippen molar-refractivity contribution in [1.82, 2.24) is 15.0 Å². The Balaban J connectivity index is 2.55. The third-order valence-electron chi connectivity index (χ3n) is 1.78. The lowest BCUT2D eigenvalue weighted by molar-refractivity contribution is 0.112. The summed E-state index contributed by atoms with van der Waals surface area (Å²) in [5.74, 6) is 0. The van der Waals surface area contributed by atoms with Crippen molar-refractivity contribution in [2.45, 2.75) is 0 Å². The number of hydrogen-bond donors (Lipinski definition) is 0. The molecule has 0 radical (unpaired) electrons. The molecule has 0 spiro atoms. The van der Waals surface area contributed by atoms with Crippen LogP contribution in [0.2, 0.25) is 5.15 Å². The van der Waals surface area contributed by atoms with Crippen LogP contribution in [0, 0.1) is 0 Å². The van der Waals surface area contributed by atoms with Gasteiger partial charge in [-0.2, -0.15) is 0 Å². The molecule has 0 aliphatic carbocycles. The van der Waals surface area contributed by atoms with Crippen LogP contribution < -0.4 is 0 Å². The largest absolute Gasteiger partial charge is 0.298 e. The van der Waals surface area contributed by atoms with Gasteiger partial charge in [0, 0.05) is 5.56 Å². The number of rotatable bonds is 2. The molecule has 1 heterocycles. The minimum Gasteiger partial charge on any atom is -0.298 e. The van der Waals surface area contributed by atoms with Crippen LogP contribution in [0.3, 0.4) is 0 Å². The normalized spacial score (nSPS) is 10.1. The zero-order chi connectivity index (χ0) is 9.97. The number of halogens is 1. The molecule has 0 atom stereocenters. The fourth-order valence-corrected chi connectivity index (χ4v) is 1.28. The first kappa shape index (κ1) is 8.90. The Labute approximate surface area is 85.1 Å². The van der Waals surface area contributed by atoms with Gasteiger partial charge < -0.3 is 0 Å². The first-order valence-corrected chi connectivity index (χ1v) is 4.31. The van der Waals surface area contributed by atoms with E-state index in [1.807, 2.05) is 6.07 Å². The van der Waals surface area contributed by atoms with Gasteiger partial charge in [0.15, 0.2) is 11.4 Å². The number of carbonyl (C=O) groups is 1. The predicted molar refractivity (Wildman–Crippen MR) is 51.8 cm³/mol. The summed E-state index contributed by atoms with van der Waals surface area (Å²) in [4.78, 5) is 10.7. The molecule has 0 amide bonds. The Hall–Kier alpha value is -1.68. The molecule has 1 aromatic carbocycles. The number of benzene rings is 1. The second-order valence-electron chi connectivity index (χ2n) is 2.66. The molecular weight excluding hydrogens is 202 g/mol. The van der Waals surface area contributed by atoms with Crippen LogP contribution in [-0.4, -0.2) is 21.3 Å². The van der Waals surface area contributed by atoms with Crippen LogP contribution in [0.4, 0.5) is 0 Å². The van der Waals surface area contributed by atoms with Gasteiger partial charge in [-0.3, -0.25) is 4.79 Å². The molecule has 0 bridgehead atoms. The molecule has 0 saturated heterocycles. The maximum atomic E-state index is 10.7. The number of aldehydes is 1. The SMILES string of the molecule is O=Cc1ccccc1-n1cc(Cl)nn1. The molecule has 0 unspecified atom stereocenters. The zero-order valence-corrected chi connectivity index (χ0v) is 7.85. The van der Waals surface area contributed by atoms with E-state index in [1.165, 1.54) is 4.68 Å². The van der Waals surface area contributed by atoms with Crippen LogP contribution in [-0.2, 0) is 0 Å². The summed E-state index contributed by atoms with van der Waals surface area (Å²) >= 11 is 5.62. The van der Waals surface area contributed by atoms with Crippen LogP contribution in [0.15, 0.2) is 30.5 Å². The predicted octanol–water partition coefficient (Wildman–Crippen LogP) is 1.73. The third kappa shape index (κ3) is 1.52. The molecule has 0 fully saturated rings. The van der Waals surface area contributed by atoms with E-state index in [2.05, 4.69) is 10.3 Å². The van der Waals surface area contributed by atoms with Crippen molar-refractivity contribution in [3.63, 3.8) is 0 Å². The van der Waals surface area contributed by atoms with Crippen molar-refractivity contribution in [2.75, 3.05) is 0 Å². The molecule has 0 aliphatic heterocycles. The highest BCUT2D eigenvalue weighted by atomic mass is 35.5. The van der Waals surface area contributed by atoms with Crippen molar-refractivity contribution < 1.29 is 4.79 Å². The average Bonchev–Trinajstić information content (AvgIpc) is 2.65. The van der Waals surface area contributed by atoms with E-state index in [0.717, 1.165) is 6.29 Å². The Morgan fingerprint density at radius 2 is 2.14 bits per heavy atom. The van der Waals surface area contributed by atoms with Crippen LogP contribution in [0.1, 0.15) is 10.4 Å². The Kier molecular flexibility index (Phi) is 2.28. The fourth-order valence-electron chi connectivity index (χ4n) is 1.16. The van der Waals surface area contributed by atoms with E-state index in [1.54, 1.807) is 24.4 Å². The molecule has 0 saturated carbocycles. The molecule has 70 valence electrons. The monoisotopic (exact) mass is 207 g/mol.